The zero-order valence-electron chi connectivity index (χ0n) is 16.3. The van der Waals surface area contributed by atoms with E-state index in [1.54, 1.807) is 14.2 Å². The van der Waals surface area contributed by atoms with Crippen molar-refractivity contribution in [2.24, 2.45) is 17.3 Å². The molecule has 2 fully saturated rings. The van der Waals surface area contributed by atoms with Crippen molar-refractivity contribution in [2.45, 2.75) is 52.1 Å². The summed E-state index contributed by atoms with van der Waals surface area (Å²) in [5.74, 6) is 3.08. The number of hydrogen-bond acceptors (Lipinski definition) is 3. The van der Waals surface area contributed by atoms with Crippen molar-refractivity contribution in [3.63, 3.8) is 0 Å². The van der Waals surface area contributed by atoms with Crippen LogP contribution < -0.4 is 9.47 Å². The molecule has 138 valence electrons. The van der Waals surface area contributed by atoms with Gasteiger partial charge in [0, 0.05) is 0 Å². The van der Waals surface area contributed by atoms with Gasteiger partial charge in [-0.2, -0.15) is 0 Å². The van der Waals surface area contributed by atoms with E-state index in [0.29, 0.717) is 5.41 Å². The van der Waals surface area contributed by atoms with Crippen molar-refractivity contribution in [3.8, 4) is 11.5 Å². The lowest BCUT2D eigenvalue weighted by Gasteiger charge is -2.26. The van der Waals surface area contributed by atoms with Crippen LogP contribution in [0.5, 0.6) is 11.5 Å². The second kappa shape index (κ2) is 7.03. The van der Waals surface area contributed by atoms with Gasteiger partial charge in [-0.05, 0) is 67.6 Å². The van der Waals surface area contributed by atoms with Gasteiger partial charge in [-0.1, -0.05) is 32.1 Å². The minimum atomic E-state index is 0.0987. The summed E-state index contributed by atoms with van der Waals surface area (Å²) < 4.78 is 17.0. The van der Waals surface area contributed by atoms with Crippen molar-refractivity contribution in [3.05, 3.63) is 29.8 Å². The van der Waals surface area contributed by atoms with Gasteiger partial charge in [0.15, 0.2) is 11.5 Å². The fourth-order valence-electron chi connectivity index (χ4n) is 4.71. The fourth-order valence-corrected chi connectivity index (χ4v) is 4.71. The second-order valence-electron chi connectivity index (χ2n) is 8.11. The van der Waals surface area contributed by atoms with E-state index in [2.05, 4.69) is 32.9 Å². The summed E-state index contributed by atoms with van der Waals surface area (Å²) in [7, 11) is 3.32. The number of fused-ring (bicyclic) bond motifs is 1. The molecular weight excluding hydrogens is 312 g/mol. The lowest BCUT2D eigenvalue weighted by atomic mass is 9.90. The van der Waals surface area contributed by atoms with E-state index in [9.17, 15) is 0 Å². The zero-order valence-corrected chi connectivity index (χ0v) is 16.3. The summed E-state index contributed by atoms with van der Waals surface area (Å²) in [5, 5.41) is 0. The average molecular weight is 344 g/mol. The SMILES string of the molecule is COc1ccc(C=CCCO[C@]2(C)CC[C@]3(C(C)C)C[C@@H]32)cc1OC. The van der Waals surface area contributed by atoms with Crippen LogP contribution in [0.3, 0.4) is 0 Å². The van der Waals surface area contributed by atoms with E-state index < -0.39 is 0 Å². The molecule has 3 nitrogen and oxygen atoms in total. The van der Waals surface area contributed by atoms with Crippen LogP contribution in [0.15, 0.2) is 24.3 Å². The Balaban J connectivity index is 1.48. The molecule has 3 rings (SSSR count). The predicted molar refractivity (Wildman–Crippen MR) is 102 cm³/mol. The molecule has 2 saturated carbocycles. The highest BCUT2D eigenvalue weighted by Crippen LogP contribution is 2.71. The standard InChI is InChI=1S/C22H32O3/c1-16(2)22-12-11-21(3,20(22)15-22)25-13-7-6-8-17-9-10-18(23-4)19(14-17)24-5/h6,8-10,14,16,20H,7,11-13,15H2,1-5H3/t20-,21-,22-/m1/s1. The molecule has 1 aromatic rings. The highest BCUT2D eigenvalue weighted by atomic mass is 16.5. The number of benzene rings is 1. The van der Waals surface area contributed by atoms with E-state index in [0.717, 1.165) is 41.9 Å². The molecule has 0 aromatic heterocycles. The molecular formula is C22H32O3. The number of methoxy groups -OCH3 is 2. The van der Waals surface area contributed by atoms with Gasteiger partial charge in [-0.25, -0.2) is 0 Å². The van der Waals surface area contributed by atoms with E-state index in [1.165, 1.54) is 19.3 Å². The quantitative estimate of drug-likeness (QED) is 0.596. The molecule has 0 unspecified atom stereocenters. The van der Waals surface area contributed by atoms with Crippen LogP contribution in [-0.2, 0) is 4.74 Å². The third kappa shape index (κ3) is 3.44. The Morgan fingerprint density at radius 3 is 2.52 bits per heavy atom. The first kappa shape index (κ1) is 18.3. The minimum Gasteiger partial charge on any atom is -0.493 e. The molecule has 0 spiro atoms. The Morgan fingerprint density at radius 2 is 1.92 bits per heavy atom. The summed E-state index contributed by atoms with van der Waals surface area (Å²) in [4.78, 5) is 0. The Bertz CT molecular complexity index is 636. The number of hydrogen-bond donors (Lipinski definition) is 0. The Kier molecular flexibility index (Phi) is 5.15. The first-order chi connectivity index (χ1) is 11.9. The van der Waals surface area contributed by atoms with Crippen LogP contribution in [0.25, 0.3) is 6.08 Å². The van der Waals surface area contributed by atoms with Crippen molar-refractivity contribution < 1.29 is 14.2 Å². The highest BCUT2D eigenvalue weighted by Gasteiger charge is 2.68. The minimum absolute atomic E-state index is 0.0987. The molecule has 0 radical (unpaired) electrons. The molecule has 0 saturated heterocycles. The summed E-state index contributed by atoms with van der Waals surface area (Å²) in [6.45, 7) is 7.87. The monoisotopic (exact) mass is 344 g/mol. The van der Waals surface area contributed by atoms with Crippen LogP contribution in [-0.4, -0.2) is 26.4 Å². The van der Waals surface area contributed by atoms with Crippen LogP contribution in [0.4, 0.5) is 0 Å². The Labute approximate surface area is 152 Å². The van der Waals surface area contributed by atoms with E-state index in [-0.39, 0.29) is 5.60 Å². The molecule has 2 aliphatic rings. The Morgan fingerprint density at radius 1 is 1.16 bits per heavy atom. The van der Waals surface area contributed by atoms with Gasteiger partial charge >= 0.3 is 0 Å². The smallest absolute Gasteiger partial charge is 0.161 e. The second-order valence-corrected chi connectivity index (χ2v) is 8.11. The molecule has 3 atom stereocenters. The van der Waals surface area contributed by atoms with E-state index in [4.69, 9.17) is 14.2 Å². The van der Waals surface area contributed by atoms with Crippen LogP contribution >= 0.6 is 0 Å². The molecule has 1 aromatic carbocycles. The molecule has 0 N–H and O–H groups in total. The molecule has 2 aliphatic carbocycles. The largest absolute Gasteiger partial charge is 0.493 e. The topological polar surface area (TPSA) is 27.7 Å². The summed E-state index contributed by atoms with van der Waals surface area (Å²) in [6, 6.07) is 5.97. The van der Waals surface area contributed by atoms with Gasteiger partial charge in [-0.3, -0.25) is 0 Å². The molecule has 0 amide bonds. The van der Waals surface area contributed by atoms with Gasteiger partial charge < -0.3 is 14.2 Å². The van der Waals surface area contributed by atoms with Gasteiger partial charge in [-0.15, -0.1) is 0 Å². The van der Waals surface area contributed by atoms with Crippen molar-refractivity contribution in [1.29, 1.82) is 0 Å². The predicted octanol–water partition coefficient (Wildman–Crippen LogP) is 5.34. The van der Waals surface area contributed by atoms with Gasteiger partial charge in [0.1, 0.15) is 0 Å². The third-order valence-corrected chi connectivity index (χ3v) is 6.53. The first-order valence-electron chi connectivity index (χ1n) is 9.48. The molecule has 0 heterocycles. The van der Waals surface area contributed by atoms with Crippen molar-refractivity contribution in [2.75, 3.05) is 20.8 Å². The van der Waals surface area contributed by atoms with Crippen molar-refractivity contribution in [1.82, 2.24) is 0 Å². The lowest BCUT2D eigenvalue weighted by Crippen LogP contribution is -2.29. The molecule has 0 bridgehead atoms. The van der Waals surface area contributed by atoms with Gasteiger partial charge in [0.2, 0.25) is 0 Å². The summed E-state index contributed by atoms with van der Waals surface area (Å²) in [6.07, 6.45) is 9.16. The van der Waals surface area contributed by atoms with Gasteiger partial charge in [0.05, 0.1) is 26.4 Å². The fraction of sp³-hybridized carbons (Fsp3) is 0.636. The molecule has 3 heteroatoms. The van der Waals surface area contributed by atoms with E-state index in [1.807, 2.05) is 18.2 Å². The maximum absolute atomic E-state index is 6.34. The summed E-state index contributed by atoms with van der Waals surface area (Å²) in [5.41, 5.74) is 1.80. The Hall–Kier alpha value is -1.48. The number of ether oxygens (including phenoxy) is 3. The van der Waals surface area contributed by atoms with Crippen LogP contribution in [0.2, 0.25) is 0 Å². The van der Waals surface area contributed by atoms with Crippen LogP contribution in [0.1, 0.15) is 52.0 Å². The summed E-state index contributed by atoms with van der Waals surface area (Å²) >= 11 is 0. The molecule has 25 heavy (non-hydrogen) atoms. The maximum atomic E-state index is 6.34. The van der Waals surface area contributed by atoms with E-state index >= 15 is 0 Å². The van der Waals surface area contributed by atoms with Crippen molar-refractivity contribution >= 4 is 6.08 Å². The number of rotatable bonds is 8. The maximum Gasteiger partial charge on any atom is 0.161 e. The lowest BCUT2D eigenvalue weighted by molar-refractivity contribution is -0.0418. The van der Waals surface area contributed by atoms with Gasteiger partial charge in [0.25, 0.3) is 0 Å². The third-order valence-electron chi connectivity index (χ3n) is 6.53. The zero-order chi connectivity index (χ0) is 18.1. The highest BCUT2D eigenvalue weighted by molar-refractivity contribution is 5.55. The normalized spacial score (nSPS) is 30.7. The molecule has 0 aliphatic heterocycles. The van der Waals surface area contributed by atoms with Crippen LogP contribution in [0, 0.1) is 17.3 Å². The average Bonchev–Trinajstić information content (AvgIpc) is 3.30. The first-order valence-corrected chi connectivity index (χ1v) is 9.48.